The van der Waals surface area contributed by atoms with E-state index in [1.807, 2.05) is 0 Å². The number of benzene rings is 1. The van der Waals surface area contributed by atoms with E-state index < -0.39 is 30.2 Å². The maximum Gasteiger partial charge on any atom is 0.325 e. The van der Waals surface area contributed by atoms with Crippen LogP contribution in [0.4, 0.5) is 19.3 Å². The standard InChI is InChI=1S/C11H10F2N2O3/c12-8-2-1-7(5-9(8)13)15-4-3-14(11(15)18)6-10(16)17/h1-2,5H,3-4,6H2,(H,16,17). The molecule has 0 spiro atoms. The summed E-state index contributed by atoms with van der Waals surface area (Å²) in [5, 5.41) is 8.61. The van der Waals surface area contributed by atoms with Crippen molar-refractivity contribution >= 4 is 17.7 Å². The van der Waals surface area contributed by atoms with Crippen LogP contribution in [-0.2, 0) is 4.79 Å². The Morgan fingerprint density at radius 1 is 1.28 bits per heavy atom. The summed E-state index contributed by atoms with van der Waals surface area (Å²) in [5.41, 5.74) is 0.215. The molecule has 1 heterocycles. The molecule has 96 valence electrons. The van der Waals surface area contributed by atoms with Gasteiger partial charge in [0.1, 0.15) is 6.54 Å². The summed E-state index contributed by atoms with van der Waals surface area (Å²) in [7, 11) is 0. The minimum absolute atomic E-state index is 0.215. The van der Waals surface area contributed by atoms with Gasteiger partial charge in [0.15, 0.2) is 11.6 Å². The number of carbonyl (C=O) groups is 2. The highest BCUT2D eigenvalue weighted by atomic mass is 19.2. The van der Waals surface area contributed by atoms with Crippen LogP contribution in [0.15, 0.2) is 18.2 Å². The van der Waals surface area contributed by atoms with Crippen LogP contribution in [0, 0.1) is 11.6 Å². The highest BCUT2D eigenvalue weighted by Gasteiger charge is 2.31. The molecule has 1 fully saturated rings. The Morgan fingerprint density at radius 2 is 2.00 bits per heavy atom. The molecule has 1 aromatic carbocycles. The third kappa shape index (κ3) is 2.24. The SMILES string of the molecule is O=C(O)CN1CCN(c2ccc(F)c(F)c2)C1=O. The summed E-state index contributed by atoms with van der Waals surface area (Å²) >= 11 is 0. The predicted octanol–water partition coefficient (Wildman–Crippen LogP) is 1.29. The lowest BCUT2D eigenvalue weighted by molar-refractivity contribution is -0.137. The van der Waals surface area contributed by atoms with Crippen molar-refractivity contribution in [2.75, 3.05) is 24.5 Å². The van der Waals surface area contributed by atoms with E-state index in [-0.39, 0.29) is 18.8 Å². The smallest absolute Gasteiger partial charge is 0.325 e. The molecule has 1 aromatic rings. The topological polar surface area (TPSA) is 60.9 Å². The van der Waals surface area contributed by atoms with Gasteiger partial charge in [0.25, 0.3) is 0 Å². The Morgan fingerprint density at radius 3 is 2.61 bits per heavy atom. The van der Waals surface area contributed by atoms with Crippen LogP contribution >= 0.6 is 0 Å². The lowest BCUT2D eigenvalue weighted by Crippen LogP contribution is -2.35. The molecule has 18 heavy (non-hydrogen) atoms. The number of amides is 2. The molecule has 1 saturated heterocycles. The average Bonchev–Trinajstić information content (AvgIpc) is 2.64. The fraction of sp³-hybridized carbons (Fsp3) is 0.273. The van der Waals surface area contributed by atoms with E-state index in [1.54, 1.807) is 0 Å². The molecule has 1 aliphatic heterocycles. The van der Waals surface area contributed by atoms with Gasteiger partial charge in [-0.05, 0) is 12.1 Å². The molecule has 0 bridgehead atoms. The highest BCUT2D eigenvalue weighted by Crippen LogP contribution is 2.22. The fourth-order valence-corrected chi connectivity index (χ4v) is 1.79. The van der Waals surface area contributed by atoms with Crippen molar-refractivity contribution in [3.63, 3.8) is 0 Å². The number of urea groups is 1. The Hall–Kier alpha value is -2.18. The van der Waals surface area contributed by atoms with Crippen LogP contribution in [0.3, 0.4) is 0 Å². The molecule has 1 N–H and O–H groups in total. The predicted molar refractivity (Wildman–Crippen MR) is 58.3 cm³/mol. The van der Waals surface area contributed by atoms with Gasteiger partial charge in [-0.1, -0.05) is 0 Å². The maximum absolute atomic E-state index is 13.0. The van der Waals surface area contributed by atoms with E-state index >= 15 is 0 Å². The van der Waals surface area contributed by atoms with Crippen LogP contribution in [0.5, 0.6) is 0 Å². The molecule has 1 aliphatic rings. The summed E-state index contributed by atoms with van der Waals surface area (Å²) in [6, 6.07) is 2.60. The molecule has 0 aromatic heterocycles. The van der Waals surface area contributed by atoms with Gasteiger partial charge in [-0.25, -0.2) is 13.6 Å². The summed E-state index contributed by atoms with van der Waals surface area (Å²) in [4.78, 5) is 24.7. The Labute approximate surface area is 101 Å². The second-order valence-electron chi connectivity index (χ2n) is 3.85. The third-order valence-corrected chi connectivity index (χ3v) is 2.64. The van der Waals surface area contributed by atoms with Crippen molar-refractivity contribution in [1.82, 2.24) is 4.90 Å². The Kier molecular flexibility index (Phi) is 3.14. The zero-order chi connectivity index (χ0) is 13.3. The molecule has 7 heteroatoms. The van der Waals surface area contributed by atoms with Gasteiger partial charge in [0.05, 0.1) is 0 Å². The van der Waals surface area contributed by atoms with Gasteiger partial charge in [0.2, 0.25) is 0 Å². The first-order valence-corrected chi connectivity index (χ1v) is 5.22. The summed E-state index contributed by atoms with van der Waals surface area (Å²) < 4.78 is 25.8. The van der Waals surface area contributed by atoms with Gasteiger partial charge in [0, 0.05) is 24.8 Å². The van der Waals surface area contributed by atoms with Crippen molar-refractivity contribution in [3.8, 4) is 0 Å². The first-order valence-electron chi connectivity index (χ1n) is 5.22. The van der Waals surface area contributed by atoms with Crippen molar-refractivity contribution < 1.29 is 23.5 Å². The molecule has 0 unspecified atom stereocenters. The summed E-state index contributed by atoms with van der Waals surface area (Å²) in [6.07, 6.45) is 0. The van der Waals surface area contributed by atoms with E-state index in [0.29, 0.717) is 0 Å². The number of nitrogens with zero attached hydrogens (tertiary/aromatic N) is 2. The van der Waals surface area contributed by atoms with Gasteiger partial charge >= 0.3 is 12.0 Å². The maximum atomic E-state index is 13.0. The summed E-state index contributed by atoms with van der Waals surface area (Å²) in [5.74, 6) is -3.15. The van der Waals surface area contributed by atoms with Crippen molar-refractivity contribution in [2.24, 2.45) is 0 Å². The first-order chi connectivity index (χ1) is 8.49. The number of aliphatic carboxylic acids is 1. The van der Waals surface area contributed by atoms with Crippen molar-refractivity contribution in [2.45, 2.75) is 0 Å². The second kappa shape index (κ2) is 4.59. The molecule has 0 aliphatic carbocycles. The molecular weight excluding hydrogens is 246 g/mol. The van der Waals surface area contributed by atoms with Gasteiger partial charge in [-0.3, -0.25) is 9.69 Å². The van der Waals surface area contributed by atoms with E-state index in [4.69, 9.17) is 5.11 Å². The highest BCUT2D eigenvalue weighted by molar-refractivity contribution is 5.95. The number of carbonyl (C=O) groups excluding carboxylic acids is 1. The van der Waals surface area contributed by atoms with Crippen molar-refractivity contribution in [3.05, 3.63) is 29.8 Å². The van der Waals surface area contributed by atoms with E-state index in [2.05, 4.69) is 0 Å². The average molecular weight is 256 g/mol. The van der Waals surface area contributed by atoms with Crippen LogP contribution in [0.25, 0.3) is 0 Å². The molecule has 0 saturated carbocycles. The number of halogens is 2. The normalized spacial score (nSPS) is 15.3. The van der Waals surface area contributed by atoms with E-state index in [1.165, 1.54) is 11.0 Å². The minimum Gasteiger partial charge on any atom is -0.480 e. The largest absolute Gasteiger partial charge is 0.480 e. The molecule has 0 atom stereocenters. The molecule has 5 nitrogen and oxygen atoms in total. The zero-order valence-electron chi connectivity index (χ0n) is 9.27. The lowest BCUT2D eigenvalue weighted by Gasteiger charge is -2.17. The van der Waals surface area contributed by atoms with Crippen LogP contribution in [0.2, 0.25) is 0 Å². The minimum atomic E-state index is -1.12. The Bertz CT molecular complexity index is 507. The number of rotatable bonds is 3. The molecule has 2 rings (SSSR count). The monoisotopic (exact) mass is 256 g/mol. The molecule has 2 amide bonds. The van der Waals surface area contributed by atoms with Gasteiger partial charge in [-0.2, -0.15) is 0 Å². The fourth-order valence-electron chi connectivity index (χ4n) is 1.79. The van der Waals surface area contributed by atoms with E-state index in [0.717, 1.165) is 17.0 Å². The van der Waals surface area contributed by atoms with Crippen molar-refractivity contribution in [1.29, 1.82) is 0 Å². The molecular formula is C11H10F2N2O3. The quantitative estimate of drug-likeness (QED) is 0.886. The number of carboxylic acids is 1. The lowest BCUT2D eigenvalue weighted by atomic mass is 10.3. The molecule has 0 radical (unpaired) electrons. The first kappa shape index (κ1) is 12.3. The second-order valence-corrected chi connectivity index (χ2v) is 3.85. The van der Waals surface area contributed by atoms with Crippen LogP contribution in [0.1, 0.15) is 0 Å². The van der Waals surface area contributed by atoms with E-state index in [9.17, 15) is 18.4 Å². The number of anilines is 1. The van der Waals surface area contributed by atoms with Gasteiger partial charge < -0.3 is 10.0 Å². The summed E-state index contributed by atoms with van der Waals surface area (Å²) in [6.45, 7) is 0.0837. The number of hydrogen-bond acceptors (Lipinski definition) is 2. The van der Waals surface area contributed by atoms with Crippen LogP contribution in [-0.4, -0.2) is 41.6 Å². The third-order valence-electron chi connectivity index (χ3n) is 2.64. The number of hydrogen-bond donors (Lipinski definition) is 1. The van der Waals surface area contributed by atoms with Gasteiger partial charge in [-0.15, -0.1) is 0 Å². The van der Waals surface area contributed by atoms with Crippen LogP contribution < -0.4 is 4.90 Å². The number of carboxylic acid groups (broad SMARTS) is 1. The Balaban J connectivity index is 2.18. The zero-order valence-corrected chi connectivity index (χ0v) is 9.27.